The normalized spacial score (nSPS) is 13.5. The Bertz CT molecular complexity index is 812. The predicted molar refractivity (Wildman–Crippen MR) is 87.3 cm³/mol. The van der Waals surface area contributed by atoms with E-state index in [9.17, 15) is 19.7 Å². The Balaban J connectivity index is 1.82. The number of amides is 1. The van der Waals surface area contributed by atoms with Gasteiger partial charge in [0.15, 0.2) is 0 Å². The molecule has 1 saturated carbocycles. The van der Waals surface area contributed by atoms with Gasteiger partial charge in [0, 0.05) is 24.7 Å². The highest BCUT2D eigenvalue weighted by Gasteiger charge is 2.34. The van der Waals surface area contributed by atoms with Crippen molar-refractivity contribution in [1.29, 1.82) is 0 Å². The van der Waals surface area contributed by atoms with Crippen molar-refractivity contribution in [3.8, 4) is 0 Å². The highest BCUT2D eigenvalue weighted by atomic mass is 32.1. The van der Waals surface area contributed by atoms with E-state index < -0.39 is 10.9 Å². The van der Waals surface area contributed by atoms with Crippen LogP contribution in [0, 0.1) is 10.1 Å². The summed E-state index contributed by atoms with van der Waals surface area (Å²) in [6.45, 7) is 0.269. The van der Waals surface area contributed by atoms with Crippen molar-refractivity contribution < 1.29 is 19.6 Å². The van der Waals surface area contributed by atoms with Crippen LogP contribution in [0.2, 0.25) is 0 Å². The average molecular weight is 346 g/mol. The van der Waals surface area contributed by atoms with Crippen molar-refractivity contribution in [2.45, 2.75) is 25.4 Å². The number of rotatable bonds is 6. The van der Waals surface area contributed by atoms with Gasteiger partial charge in [0.1, 0.15) is 4.88 Å². The predicted octanol–water partition coefficient (Wildman–Crippen LogP) is 3.16. The van der Waals surface area contributed by atoms with Crippen molar-refractivity contribution >= 4 is 28.9 Å². The topological polar surface area (TPSA) is 101 Å². The molecule has 0 saturated heterocycles. The molecule has 124 valence electrons. The molecule has 24 heavy (non-hydrogen) atoms. The van der Waals surface area contributed by atoms with E-state index >= 15 is 0 Å². The number of thiophene rings is 1. The molecule has 0 bridgehead atoms. The molecule has 1 aromatic heterocycles. The van der Waals surface area contributed by atoms with E-state index in [1.54, 1.807) is 17.0 Å². The summed E-state index contributed by atoms with van der Waals surface area (Å²) in [4.78, 5) is 36.2. The molecule has 1 N–H and O–H groups in total. The smallest absolute Gasteiger partial charge is 0.345 e. The number of carbonyl (C=O) groups excluding carboxylic acids is 1. The minimum atomic E-state index is -1.06. The van der Waals surface area contributed by atoms with Gasteiger partial charge in [0.25, 0.3) is 11.6 Å². The number of carboxylic acids is 1. The summed E-state index contributed by atoms with van der Waals surface area (Å²) in [7, 11) is 0. The lowest BCUT2D eigenvalue weighted by Gasteiger charge is -2.21. The van der Waals surface area contributed by atoms with Crippen molar-refractivity contribution in [1.82, 2.24) is 4.90 Å². The summed E-state index contributed by atoms with van der Waals surface area (Å²) in [5.41, 5.74) is 0.666. The number of hydrogen-bond donors (Lipinski definition) is 1. The van der Waals surface area contributed by atoms with Crippen LogP contribution >= 0.6 is 11.3 Å². The van der Waals surface area contributed by atoms with Crippen molar-refractivity contribution in [3.05, 3.63) is 61.8 Å². The van der Waals surface area contributed by atoms with Crippen LogP contribution < -0.4 is 0 Å². The first-order valence-corrected chi connectivity index (χ1v) is 8.15. The monoisotopic (exact) mass is 346 g/mol. The van der Waals surface area contributed by atoms with Gasteiger partial charge < -0.3 is 10.0 Å². The SMILES string of the molecule is O=C(O)c1ccc(C(=O)N(Cc2cccc([N+](=O)[O-])c2)C2CC2)s1. The zero-order chi connectivity index (χ0) is 17.3. The lowest BCUT2D eigenvalue weighted by atomic mass is 10.2. The molecule has 0 aliphatic heterocycles. The first-order valence-electron chi connectivity index (χ1n) is 7.33. The van der Waals surface area contributed by atoms with Crippen LogP contribution in [-0.4, -0.2) is 32.8 Å². The van der Waals surface area contributed by atoms with Gasteiger partial charge in [0.2, 0.25) is 0 Å². The lowest BCUT2D eigenvalue weighted by Crippen LogP contribution is -2.32. The zero-order valence-corrected chi connectivity index (χ0v) is 13.4. The molecule has 3 rings (SSSR count). The molecule has 1 aliphatic carbocycles. The largest absolute Gasteiger partial charge is 0.477 e. The Hall–Kier alpha value is -2.74. The standard InChI is InChI=1S/C16H14N2O5S/c19-15(13-6-7-14(24-13)16(20)21)17(11-4-5-11)9-10-2-1-3-12(8-10)18(22)23/h1-3,6-8,11H,4-5,9H2,(H,20,21). The van der Waals surface area contributed by atoms with Crippen LogP contribution in [0.5, 0.6) is 0 Å². The molecule has 1 fully saturated rings. The van der Waals surface area contributed by atoms with Crippen LogP contribution in [0.15, 0.2) is 36.4 Å². The van der Waals surface area contributed by atoms with Gasteiger partial charge in [-0.15, -0.1) is 11.3 Å². The van der Waals surface area contributed by atoms with Gasteiger partial charge in [-0.1, -0.05) is 12.1 Å². The highest BCUT2D eigenvalue weighted by Crippen LogP contribution is 2.31. The van der Waals surface area contributed by atoms with Gasteiger partial charge in [-0.2, -0.15) is 0 Å². The molecular weight excluding hydrogens is 332 g/mol. The van der Waals surface area contributed by atoms with Crippen molar-refractivity contribution in [3.63, 3.8) is 0 Å². The van der Waals surface area contributed by atoms with Crippen LogP contribution in [0.4, 0.5) is 5.69 Å². The Labute approximate surface area is 141 Å². The van der Waals surface area contributed by atoms with E-state index in [2.05, 4.69) is 0 Å². The first kappa shape index (κ1) is 16.1. The number of carbonyl (C=O) groups is 2. The minimum Gasteiger partial charge on any atom is -0.477 e. The van der Waals surface area contributed by atoms with Crippen LogP contribution in [0.25, 0.3) is 0 Å². The number of nitrogens with zero attached hydrogens (tertiary/aromatic N) is 2. The molecule has 1 heterocycles. The van der Waals surface area contributed by atoms with Gasteiger partial charge in [-0.3, -0.25) is 14.9 Å². The third-order valence-electron chi connectivity index (χ3n) is 3.75. The first-order chi connectivity index (χ1) is 11.5. The second-order valence-electron chi connectivity index (χ2n) is 5.56. The summed E-state index contributed by atoms with van der Waals surface area (Å²) < 4.78 is 0. The summed E-state index contributed by atoms with van der Waals surface area (Å²) in [6, 6.07) is 9.24. The average Bonchev–Trinajstić information content (AvgIpc) is 3.27. The lowest BCUT2D eigenvalue weighted by molar-refractivity contribution is -0.384. The number of benzene rings is 1. The van der Waals surface area contributed by atoms with E-state index in [-0.39, 0.29) is 29.1 Å². The van der Waals surface area contributed by atoms with E-state index in [1.165, 1.54) is 24.3 Å². The van der Waals surface area contributed by atoms with Gasteiger partial charge >= 0.3 is 5.97 Å². The maximum absolute atomic E-state index is 12.7. The molecule has 7 nitrogen and oxygen atoms in total. The molecule has 1 aromatic carbocycles. The van der Waals surface area contributed by atoms with E-state index in [4.69, 9.17) is 5.11 Å². The molecule has 0 unspecified atom stereocenters. The third kappa shape index (κ3) is 3.43. The maximum Gasteiger partial charge on any atom is 0.345 e. The second kappa shape index (κ2) is 6.40. The molecule has 0 radical (unpaired) electrons. The summed E-state index contributed by atoms with van der Waals surface area (Å²) >= 11 is 0.942. The zero-order valence-electron chi connectivity index (χ0n) is 12.5. The second-order valence-corrected chi connectivity index (χ2v) is 6.64. The number of nitro groups is 1. The number of nitro benzene ring substituents is 1. The molecule has 1 aliphatic rings. The highest BCUT2D eigenvalue weighted by molar-refractivity contribution is 7.15. The van der Waals surface area contributed by atoms with E-state index in [0.29, 0.717) is 10.4 Å². The van der Waals surface area contributed by atoms with E-state index in [1.807, 2.05) is 0 Å². The van der Waals surface area contributed by atoms with Crippen molar-refractivity contribution in [2.24, 2.45) is 0 Å². The fraction of sp³-hybridized carbons (Fsp3) is 0.250. The third-order valence-corrected chi connectivity index (χ3v) is 4.81. The number of non-ortho nitro benzene ring substituents is 1. The maximum atomic E-state index is 12.7. The minimum absolute atomic E-state index is 0.0139. The Kier molecular flexibility index (Phi) is 4.30. The number of hydrogen-bond acceptors (Lipinski definition) is 5. The van der Waals surface area contributed by atoms with Crippen LogP contribution in [-0.2, 0) is 6.54 Å². The summed E-state index contributed by atoms with van der Waals surface area (Å²) in [5.74, 6) is -1.29. The molecule has 8 heteroatoms. The Morgan fingerprint density at radius 2 is 1.96 bits per heavy atom. The molecule has 2 aromatic rings. The van der Waals surface area contributed by atoms with Crippen LogP contribution in [0.1, 0.15) is 37.7 Å². The quantitative estimate of drug-likeness (QED) is 0.639. The van der Waals surface area contributed by atoms with Gasteiger partial charge in [-0.25, -0.2) is 4.79 Å². The van der Waals surface area contributed by atoms with Crippen LogP contribution in [0.3, 0.4) is 0 Å². The molecule has 1 amide bonds. The Morgan fingerprint density at radius 1 is 1.25 bits per heavy atom. The van der Waals surface area contributed by atoms with Crippen molar-refractivity contribution in [2.75, 3.05) is 0 Å². The molecule has 0 atom stereocenters. The summed E-state index contributed by atoms with van der Waals surface area (Å²) in [6.07, 6.45) is 1.77. The molecule has 0 spiro atoms. The van der Waals surface area contributed by atoms with E-state index in [0.717, 1.165) is 24.2 Å². The Morgan fingerprint density at radius 3 is 2.54 bits per heavy atom. The molecular formula is C16H14N2O5S. The van der Waals surface area contributed by atoms with Gasteiger partial charge in [-0.05, 0) is 30.5 Å². The summed E-state index contributed by atoms with van der Waals surface area (Å²) in [5, 5.41) is 19.9. The fourth-order valence-electron chi connectivity index (χ4n) is 2.43. The number of carboxylic acid groups (broad SMARTS) is 1. The fourth-order valence-corrected chi connectivity index (χ4v) is 3.23. The van der Waals surface area contributed by atoms with Gasteiger partial charge in [0.05, 0.1) is 9.80 Å². The number of aromatic carboxylic acids is 1.